The van der Waals surface area contributed by atoms with Gasteiger partial charge in [0.2, 0.25) is 0 Å². The molecule has 2 N–H and O–H groups in total. The minimum absolute atomic E-state index is 0.0604. The number of amides is 2. The number of nitrogens with one attached hydrogen (secondary N) is 2. The van der Waals surface area contributed by atoms with Crippen LogP contribution < -0.4 is 10.6 Å². The Kier molecular flexibility index (Phi) is 6.12. The Morgan fingerprint density at radius 2 is 1.96 bits per heavy atom. The molecule has 0 unspecified atom stereocenters. The molecule has 1 fully saturated rings. The minimum Gasteiger partial charge on any atom is -0.348 e. The molecule has 2 rings (SSSR count). The first kappa shape index (κ1) is 18.6. The summed E-state index contributed by atoms with van der Waals surface area (Å²) in [6, 6.07) is 2.39. The van der Waals surface area contributed by atoms with E-state index in [-0.39, 0.29) is 11.5 Å². The number of carbonyl (C=O) groups is 1. The summed E-state index contributed by atoms with van der Waals surface area (Å²) in [5, 5.41) is 5.45. The second-order valence-electron chi connectivity index (χ2n) is 6.37. The molecular formula is C17H24F2N2O3. The molecule has 2 amide bonds. The van der Waals surface area contributed by atoms with Gasteiger partial charge in [-0.1, -0.05) is 19.9 Å². The van der Waals surface area contributed by atoms with Gasteiger partial charge in [0.05, 0.1) is 19.3 Å². The summed E-state index contributed by atoms with van der Waals surface area (Å²) in [4.78, 5) is 12.1. The van der Waals surface area contributed by atoms with E-state index in [1.54, 1.807) is 0 Å². The summed E-state index contributed by atoms with van der Waals surface area (Å²) < 4.78 is 38.0. The van der Waals surface area contributed by atoms with Crippen LogP contribution in [0.1, 0.15) is 38.8 Å². The number of carbonyl (C=O) groups excluding carboxylic acids is 1. The summed E-state index contributed by atoms with van der Waals surface area (Å²) in [5.41, 5.74) is 0.260. The second-order valence-corrected chi connectivity index (χ2v) is 6.37. The summed E-state index contributed by atoms with van der Waals surface area (Å²) in [5.74, 6) is -2.05. The van der Waals surface area contributed by atoms with E-state index in [2.05, 4.69) is 10.6 Å². The van der Waals surface area contributed by atoms with E-state index < -0.39 is 29.5 Å². The maximum Gasteiger partial charge on any atom is 0.315 e. The lowest BCUT2D eigenvalue weighted by Gasteiger charge is -2.25. The molecule has 1 aromatic carbocycles. The fourth-order valence-corrected chi connectivity index (χ4v) is 2.65. The van der Waals surface area contributed by atoms with E-state index in [1.165, 1.54) is 12.1 Å². The first-order valence-corrected chi connectivity index (χ1v) is 8.08. The maximum atomic E-state index is 14.0. The van der Waals surface area contributed by atoms with Crippen molar-refractivity contribution in [2.24, 2.45) is 5.92 Å². The van der Waals surface area contributed by atoms with Crippen LogP contribution in [0.2, 0.25) is 0 Å². The predicted molar refractivity (Wildman–Crippen MR) is 85.4 cm³/mol. The molecule has 0 spiro atoms. The van der Waals surface area contributed by atoms with E-state index in [0.29, 0.717) is 26.2 Å². The lowest BCUT2D eigenvalue weighted by Crippen LogP contribution is -2.42. The first-order valence-electron chi connectivity index (χ1n) is 8.08. The SMILES string of the molecule is CC(C)[C@@H](NC(=O)NCCC1(C)OCCO1)c1ccc(F)cc1F. The van der Waals surface area contributed by atoms with Crippen molar-refractivity contribution in [2.45, 2.75) is 39.0 Å². The van der Waals surface area contributed by atoms with Crippen LogP contribution >= 0.6 is 0 Å². The maximum absolute atomic E-state index is 14.0. The minimum atomic E-state index is -0.673. The molecule has 0 saturated carbocycles. The number of hydrogen-bond acceptors (Lipinski definition) is 3. The van der Waals surface area contributed by atoms with Gasteiger partial charge in [-0.2, -0.15) is 0 Å². The summed E-state index contributed by atoms with van der Waals surface area (Å²) >= 11 is 0. The van der Waals surface area contributed by atoms with Gasteiger partial charge in [-0.05, 0) is 18.9 Å². The van der Waals surface area contributed by atoms with Gasteiger partial charge in [0.15, 0.2) is 5.79 Å². The molecule has 1 saturated heterocycles. The van der Waals surface area contributed by atoms with Crippen molar-refractivity contribution in [1.82, 2.24) is 10.6 Å². The van der Waals surface area contributed by atoms with Crippen molar-refractivity contribution < 1.29 is 23.0 Å². The van der Waals surface area contributed by atoms with Gasteiger partial charge in [0.25, 0.3) is 0 Å². The van der Waals surface area contributed by atoms with Gasteiger partial charge in [0.1, 0.15) is 11.6 Å². The third-order valence-electron chi connectivity index (χ3n) is 4.01. The van der Waals surface area contributed by atoms with Crippen LogP contribution in [0.25, 0.3) is 0 Å². The van der Waals surface area contributed by atoms with Crippen molar-refractivity contribution in [2.75, 3.05) is 19.8 Å². The smallest absolute Gasteiger partial charge is 0.315 e. The quantitative estimate of drug-likeness (QED) is 0.835. The Morgan fingerprint density at radius 1 is 1.29 bits per heavy atom. The standard InChI is InChI=1S/C17H24F2N2O3/c1-11(2)15(13-5-4-12(18)10-14(13)19)21-16(22)20-7-6-17(3)23-8-9-24-17/h4-5,10-11,15H,6-9H2,1-3H3,(H2,20,21,22)/t15-/m1/s1. The molecule has 0 aromatic heterocycles. The number of halogens is 2. The molecule has 1 aliphatic rings. The largest absolute Gasteiger partial charge is 0.348 e. The lowest BCUT2D eigenvalue weighted by atomic mass is 9.95. The zero-order valence-electron chi connectivity index (χ0n) is 14.2. The van der Waals surface area contributed by atoms with Gasteiger partial charge in [0, 0.05) is 24.6 Å². The summed E-state index contributed by atoms with van der Waals surface area (Å²) in [6.45, 7) is 6.98. The summed E-state index contributed by atoms with van der Waals surface area (Å²) in [6.07, 6.45) is 0.512. The molecule has 134 valence electrons. The van der Waals surface area contributed by atoms with Crippen LogP contribution in [0.5, 0.6) is 0 Å². The van der Waals surface area contributed by atoms with Gasteiger partial charge in [-0.3, -0.25) is 0 Å². The van der Waals surface area contributed by atoms with Crippen LogP contribution in [-0.4, -0.2) is 31.6 Å². The van der Waals surface area contributed by atoms with E-state index in [1.807, 2.05) is 20.8 Å². The van der Waals surface area contributed by atoms with Gasteiger partial charge in [-0.25, -0.2) is 13.6 Å². The normalized spacial score (nSPS) is 17.8. The molecule has 7 heteroatoms. The number of benzene rings is 1. The fourth-order valence-electron chi connectivity index (χ4n) is 2.65. The third-order valence-corrected chi connectivity index (χ3v) is 4.01. The zero-order chi connectivity index (χ0) is 17.7. The van der Waals surface area contributed by atoms with E-state index in [4.69, 9.17) is 9.47 Å². The Labute approximate surface area is 140 Å². The average Bonchev–Trinajstić information content (AvgIpc) is 2.92. The van der Waals surface area contributed by atoms with Crippen molar-refractivity contribution >= 4 is 6.03 Å². The Bertz CT molecular complexity index is 575. The molecule has 1 aliphatic heterocycles. The van der Waals surface area contributed by atoms with Gasteiger partial charge in [-0.15, -0.1) is 0 Å². The topological polar surface area (TPSA) is 59.6 Å². The van der Waals surface area contributed by atoms with Crippen molar-refractivity contribution in [3.8, 4) is 0 Å². The van der Waals surface area contributed by atoms with Gasteiger partial charge >= 0.3 is 6.03 Å². The van der Waals surface area contributed by atoms with Crippen molar-refractivity contribution in [3.05, 3.63) is 35.4 Å². The van der Waals surface area contributed by atoms with Crippen LogP contribution in [0.3, 0.4) is 0 Å². The van der Waals surface area contributed by atoms with Crippen molar-refractivity contribution in [3.63, 3.8) is 0 Å². The summed E-state index contributed by atoms with van der Waals surface area (Å²) in [7, 11) is 0. The Hall–Kier alpha value is -1.73. The van der Waals surface area contributed by atoms with E-state index in [9.17, 15) is 13.6 Å². The Balaban J connectivity index is 1.91. The average molecular weight is 342 g/mol. The highest BCUT2D eigenvalue weighted by molar-refractivity contribution is 5.74. The van der Waals surface area contributed by atoms with Crippen LogP contribution in [0.4, 0.5) is 13.6 Å². The van der Waals surface area contributed by atoms with E-state index >= 15 is 0 Å². The first-order chi connectivity index (χ1) is 11.3. The van der Waals surface area contributed by atoms with Crippen molar-refractivity contribution in [1.29, 1.82) is 0 Å². The number of hydrogen-bond donors (Lipinski definition) is 2. The van der Waals surface area contributed by atoms with Crippen LogP contribution in [0, 0.1) is 17.6 Å². The molecule has 0 aliphatic carbocycles. The second kappa shape index (κ2) is 7.90. The highest BCUT2D eigenvalue weighted by Crippen LogP contribution is 2.25. The third kappa shape index (κ3) is 4.88. The molecule has 0 bridgehead atoms. The van der Waals surface area contributed by atoms with Crippen LogP contribution in [0.15, 0.2) is 18.2 Å². The van der Waals surface area contributed by atoms with Crippen LogP contribution in [-0.2, 0) is 9.47 Å². The molecule has 0 radical (unpaired) electrons. The molecular weight excluding hydrogens is 318 g/mol. The molecule has 5 nitrogen and oxygen atoms in total. The monoisotopic (exact) mass is 342 g/mol. The fraction of sp³-hybridized carbons (Fsp3) is 0.588. The molecule has 1 heterocycles. The van der Waals surface area contributed by atoms with E-state index in [0.717, 1.165) is 6.07 Å². The number of rotatable bonds is 6. The highest BCUT2D eigenvalue weighted by Gasteiger charge is 2.30. The Morgan fingerprint density at radius 3 is 2.54 bits per heavy atom. The molecule has 1 aromatic rings. The number of urea groups is 1. The lowest BCUT2D eigenvalue weighted by molar-refractivity contribution is -0.145. The highest BCUT2D eigenvalue weighted by atomic mass is 19.1. The zero-order valence-corrected chi connectivity index (χ0v) is 14.2. The molecule has 24 heavy (non-hydrogen) atoms. The predicted octanol–water partition coefficient (Wildman–Crippen LogP) is 3.11. The van der Waals surface area contributed by atoms with Gasteiger partial charge < -0.3 is 20.1 Å². The molecule has 1 atom stereocenters. The number of ether oxygens (including phenoxy) is 2.